The smallest absolute Gasteiger partial charge is 0.416 e. The second kappa shape index (κ2) is 9.60. The third kappa shape index (κ3) is 5.32. The Morgan fingerprint density at radius 2 is 1.91 bits per heavy atom. The number of halogens is 3. The standard InChI is InChI=1S/C25H24F3NO4/c1-3-6-16(25(26,27)28)7-5-8-21-20-11-9-18(13-23(20)33-29-21)31-19-10-12-22-24(14-19)32-17(4-2)15-30-22/h5-7,9-14,17H,3-4,8,15H2,1-2H3/b7-5-,16-6+/t17-/m1/s1. The maximum atomic E-state index is 13.0. The molecule has 0 fully saturated rings. The van der Waals surface area contributed by atoms with Gasteiger partial charge in [0.15, 0.2) is 17.1 Å². The Labute approximate surface area is 189 Å². The molecule has 0 unspecified atom stereocenters. The Hall–Kier alpha value is -3.42. The number of benzene rings is 2. The summed E-state index contributed by atoms with van der Waals surface area (Å²) in [5, 5.41) is 4.72. The average Bonchev–Trinajstić information content (AvgIpc) is 3.19. The molecule has 1 aliphatic heterocycles. The van der Waals surface area contributed by atoms with E-state index >= 15 is 0 Å². The summed E-state index contributed by atoms with van der Waals surface area (Å²) >= 11 is 0. The van der Waals surface area contributed by atoms with Gasteiger partial charge in [-0.25, -0.2) is 0 Å². The van der Waals surface area contributed by atoms with Crippen LogP contribution in [0, 0.1) is 0 Å². The van der Waals surface area contributed by atoms with Crippen LogP contribution in [-0.4, -0.2) is 24.0 Å². The van der Waals surface area contributed by atoms with Crippen LogP contribution in [0.5, 0.6) is 23.0 Å². The first-order valence-corrected chi connectivity index (χ1v) is 10.8. The quantitative estimate of drug-likeness (QED) is 0.351. The van der Waals surface area contributed by atoms with Crippen LogP contribution in [0.15, 0.2) is 64.7 Å². The molecule has 1 aliphatic rings. The molecule has 0 bridgehead atoms. The average molecular weight is 459 g/mol. The number of aromatic nitrogens is 1. The molecular weight excluding hydrogens is 435 g/mol. The van der Waals surface area contributed by atoms with Crippen LogP contribution >= 0.6 is 0 Å². The lowest BCUT2D eigenvalue weighted by atomic mass is 10.1. The number of nitrogens with zero attached hydrogens (tertiary/aromatic N) is 1. The van der Waals surface area contributed by atoms with Gasteiger partial charge < -0.3 is 18.7 Å². The van der Waals surface area contributed by atoms with E-state index in [-0.39, 0.29) is 12.5 Å². The van der Waals surface area contributed by atoms with Crippen molar-refractivity contribution in [2.24, 2.45) is 0 Å². The highest BCUT2D eigenvalue weighted by molar-refractivity contribution is 5.81. The van der Waals surface area contributed by atoms with E-state index in [0.717, 1.165) is 18.6 Å². The van der Waals surface area contributed by atoms with Gasteiger partial charge in [0.2, 0.25) is 0 Å². The van der Waals surface area contributed by atoms with Gasteiger partial charge in [-0.1, -0.05) is 37.2 Å². The van der Waals surface area contributed by atoms with E-state index in [0.29, 0.717) is 52.7 Å². The fraction of sp³-hybridized carbons (Fsp3) is 0.320. The predicted molar refractivity (Wildman–Crippen MR) is 118 cm³/mol. The minimum atomic E-state index is -4.38. The molecule has 2 aromatic carbocycles. The Balaban J connectivity index is 1.47. The number of allylic oxidation sites excluding steroid dienone is 4. The number of hydrogen-bond donors (Lipinski definition) is 0. The predicted octanol–water partition coefficient (Wildman–Crippen LogP) is 7.17. The van der Waals surface area contributed by atoms with E-state index < -0.39 is 11.7 Å². The Bertz CT molecular complexity index is 1180. The van der Waals surface area contributed by atoms with Crippen LogP contribution in [-0.2, 0) is 6.42 Å². The third-order valence-corrected chi connectivity index (χ3v) is 5.20. The van der Waals surface area contributed by atoms with Gasteiger partial charge in [0, 0.05) is 23.9 Å². The molecule has 3 aromatic rings. The minimum absolute atomic E-state index is 0.00966. The van der Waals surface area contributed by atoms with Crippen LogP contribution in [0.1, 0.15) is 32.4 Å². The van der Waals surface area contributed by atoms with Gasteiger partial charge in [-0.2, -0.15) is 13.2 Å². The summed E-state index contributed by atoms with van der Waals surface area (Å²) in [5.74, 6) is 2.43. The van der Waals surface area contributed by atoms with Gasteiger partial charge in [0.05, 0.1) is 11.3 Å². The van der Waals surface area contributed by atoms with Gasteiger partial charge in [-0.15, -0.1) is 0 Å². The van der Waals surface area contributed by atoms with E-state index in [1.165, 1.54) is 6.08 Å². The lowest BCUT2D eigenvalue weighted by Crippen LogP contribution is -2.28. The van der Waals surface area contributed by atoms with Crippen molar-refractivity contribution < 1.29 is 31.9 Å². The fourth-order valence-corrected chi connectivity index (χ4v) is 3.47. The molecule has 0 N–H and O–H groups in total. The van der Waals surface area contributed by atoms with Crippen molar-refractivity contribution in [2.75, 3.05) is 6.61 Å². The van der Waals surface area contributed by atoms with E-state index in [9.17, 15) is 13.2 Å². The monoisotopic (exact) mass is 459 g/mol. The van der Waals surface area contributed by atoms with Gasteiger partial charge in [0.25, 0.3) is 0 Å². The van der Waals surface area contributed by atoms with Crippen molar-refractivity contribution in [1.29, 1.82) is 0 Å². The van der Waals surface area contributed by atoms with Gasteiger partial charge in [-0.05, 0) is 37.1 Å². The molecule has 174 valence electrons. The van der Waals surface area contributed by atoms with Crippen LogP contribution in [0.3, 0.4) is 0 Å². The molecule has 33 heavy (non-hydrogen) atoms. The number of ether oxygens (including phenoxy) is 3. The zero-order valence-corrected chi connectivity index (χ0v) is 18.3. The summed E-state index contributed by atoms with van der Waals surface area (Å²) in [4.78, 5) is 0. The molecule has 8 heteroatoms. The molecule has 1 aromatic heterocycles. The van der Waals surface area contributed by atoms with E-state index in [4.69, 9.17) is 18.7 Å². The van der Waals surface area contributed by atoms with Crippen LogP contribution in [0.4, 0.5) is 13.2 Å². The topological polar surface area (TPSA) is 53.7 Å². The number of rotatable bonds is 7. The molecule has 0 amide bonds. The summed E-state index contributed by atoms with van der Waals surface area (Å²) in [6.45, 7) is 4.22. The molecule has 2 heterocycles. The molecule has 0 radical (unpaired) electrons. The largest absolute Gasteiger partial charge is 0.486 e. The summed E-state index contributed by atoms with van der Waals surface area (Å²) < 4.78 is 61.9. The molecule has 5 nitrogen and oxygen atoms in total. The highest BCUT2D eigenvalue weighted by Crippen LogP contribution is 2.37. The summed E-state index contributed by atoms with van der Waals surface area (Å²) in [7, 11) is 0. The van der Waals surface area contributed by atoms with Crippen LogP contribution in [0.25, 0.3) is 11.0 Å². The van der Waals surface area contributed by atoms with Crippen molar-refractivity contribution in [1.82, 2.24) is 5.16 Å². The van der Waals surface area contributed by atoms with Crippen LogP contribution in [0.2, 0.25) is 0 Å². The lowest BCUT2D eigenvalue weighted by molar-refractivity contribution is -0.0884. The molecule has 4 rings (SSSR count). The first-order valence-electron chi connectivity index (χ1n) is 10.8. The second-order valence-corrected chi connectivity index (χ2v) is 7.63. The highest BCUT2D eigenvalue weighted by atomic mass is 19.4. The zero-order valence-electron chi connectivity index (χ0n) is 18.3. The Morgan fingerprint density at radius 3 is 2.67 bits per heavy atom. The fourth-order valence-electron chi connectivity index (χ4n) is 3.47. The van der Waals surface area contributed by atoms with Gasteiger partial charge in [-0.3, -0.25) is 0 Å². The maximum absolute atomic E-state index is 13.0. The highest BCUT2D eigenvalue weighted by Gasteiger charge is 2.31. The van der Waals surface area contributed by atoms with Crippen molar-refractivity contribution >= 4 is 11.0 Å². The second-order valence-electron chi connectivity index (χ2n) is 7.63. The molecule has 0 aliphatic carbocycles. The van der Waals surface area contributed by atoms with Crippen molar-refractivity contribution in [2.45, 2.75) is 45.4 Å². The van der Waals surface area contributed by atoms with E-state index in [1.807, 2.05) is 6.92 Å². The van der Waals surface area contributed by atoms with Gasteiger partial charge >= 0.3 is 6.18 Å². The van der Waals surface area contributed by atoms with E-state index in [2.05, 4.69) is 5.16 Å². The first-order chi connectivity index (χ1) is 15.9. The minimum Gasteiger partial charge on any atom is -0.486 e. The molecule has 1 atom stereocenters. The molecule has 0 saturated carbocycles. The maximum Gasteiger partial charge on any atom is 0.416 e. The Kier molecular flexibility index (Phi) is 6.62. The number of fused-ring (bicyclic) bond motifs is 2. The summed E-state index contributed by atoms with van der Waals surface area (Å²) in [6.07, 6.45) is 0.661. The van der Waals surface area contributed by atoms with Gasteiger partial charge in [0.1, 0.15) is 24.2 Å². The normalized spacial score (nSPS) is 16.5. The summed E-state index contributed by atoms with van der Waals surface area (Å²) in [6, 6.07) is 10.6. The SMILES string of the molecule is CC/C=C(\C=C/Cc1noc2cc(Oc3ccc4c(c3)O[C@H](CC)CO4)ccc12)C(F)(F)F. The third-order valence-electron chi connectivity index (χ3n) is 5.20. The number of alkyl halides is 3. The Morgan fingerprint density at radius 1 is 1.12 bits per heavy atom. The first kappa shape index (κ1) is 22.8. The van der Waals surface area contributed by atoms with E-state index in [1.54, 1.807) is 43.3 Å². The van der Waals surface area contributed by atoms with Crippen LogP contribution < -0.4 is 14.2 Å². The summed E-state index contributed by atoms with van der Waals surface area (Å²) in [5.41, 5.74) is 0.369. The van der Waals surface area contributed by atoms with Crippen molar-refractivity contribution in [3.05, 3.63) is 65.9 Å². The van der Waals surface area contributed by atoms with Crippen molar-refractivity contribution in [3.63, 3.8) is 0 Å². The zero-order chi connectivity index (χ0) is 23.4. The molecule has 0 spiro atoms. The number of hydrogen-bond acceptors (Lipinski definition) is 5. The molecule has 0 saturated heterocycles. The lowest BCUT2D eigenvalue weighted by Gasteiger charge is -2.25. The van der Waals surface area contributed by atoms with Crippen molar-refractivity contribution in [3.8, 4) is 23.0 Å². The molecular formula is C25H24F3NO4.